The van der Waals surface area contributed by atoms with Crippen LogP contribution in [0.15, 0.2) is 35.7 Å². The molecule has 1 heterocycles. The van der Waals surface area contributed by atoms with E-state index in [1.807, 2.05) is 0 Å². The van der Waals surface area contributed by atoms with Crippen LogP contribution in [0.1, 0.15) is 12.0 Å². The third kappa shape index (κ3) is 5.45. The molecule has 1 aromatic rings. The number of sulfone groups is 1. The Balaban J connectivity index is 1.76. The molecular formula is C16H18FNO5S. The van der Waals surface area contributed by atoms with Crippen LogP contribution in [0.3, 0.4) is 0 Å². The normalized spacial score (nSPS) is 18.3. The Bertz CT molecular complexity index is 759. The van der Waals surface area contributed by atoms with Crippen molar-refractivity contribution in [3.05, 3.63) is 47.1 Å². The molecule has 0 bridgehead atoms. The van der Waals surface area contributed by atoms with Crippen LogP contribution in [0.4, 0.5) is 4.39 Å². The van der Waals surface area contributed by atoms with Crippen LogP contribution in [-0.2, 0) is 30.7 Å². The Morgan fingerprint density at radius 3 is 2.75 bits per heavy atom. The number of amides is 1. The van der Waals surface area contributed by atoms with Gasteiger partial charge in [-0.1, -0.05) is 18.2 Å². The highest BCUT2D eigenvalue weighted by molar-refractivity contribution is 7.94. The molecule has 1 atom stereocenters. The molecule has 8 heteroatoms. The highest BCUT2D eigenvalue weighted by Crippen LogP contribution is 2.18. The van der Waals surface area contributed by atoms with E-state index in [1.54, 1.807) is 12.1 Å². The van der Waals surface area contributed by atoms with Crippen molar-refractivity contribution in [3.63, 3.8) is 0 Å². The van der Waals surface area contributed by atoms with Gasteiger partial charge in [-0.05, 0) is 17.7 Å². The first-order chi connectivity index (χ1) is 11.2. The monoisotopic (exact) mass is 355 g/mol. The Morgan fingerprint density at radius 2 is 2.12 bits per heavy atom. The number of esters is 1. The van der Waals surface area contributed by atoms with Gasteiger partial charge < -0.3 is 9.64 Å². The summed E-state index contributed by atoms with van der Waals surface area (Å²) in [6.07, 6.45) is 1.37. The Kier molecular flexibility index (Phi) is 5.71. The number of likely N-dealkylation sites (N-methyl/N-ethyl adjacent to an activating group) is 1. The number of carbonyl (C=O) groups excluding carboxylic acids is 2. The van der Waals surface area contributed by atoms with Gasteiger partial charge in [0.2, 0.25) is 0 Å². The van der Waals surface area contributed by atoms with Crippen LogP contribution in [-0.4, -0.2) is 44.6 Å². The molecule has 1 aromatic carbocycles. The minimum absolute atomic E-state index is 0.0867. The van der Waals surface area contributed by atoms with Crippen LogP contribution in [0, 0.1) is 11.7 Å². The van der Waals surface area contributed by atoms with Crippen molar-refractivity contribution in [2.45, 2.75) is 13.0 Å². The molecule has 1 aliphatic rings. The maximum atomic E-state index is 13.1. The first kappa shape index (κ1) is 18.1. The molecule has 1 aliphatic heterocycles. The maximum absolute atomic E-state index is 13.1. The number of allylic oxidation sites excluding steroid dienone is 1. The predicted molar refractivity (Wildman–Crippen MR) is 84.9 cm³/mol. The zero-order valence-corrected chi connectivity index (χ0v) is 14.0. The van der Waals surface area contributed by atoms with Crippen molar-refractivity contribution < 1.29 is 27.1 Å². The maximum Gasteiger partial charge on any atom is 0.306 e. The number of nitrogens with zero attached hydrogens (tertiary/aromatic N) is 1. The summed E-state index contributed by atoms with van der Waals surface area (Å²) in [5, 5.41) is 1.09. The van der Waals surface area contributed by atoms with Gasteiger partial charge >= 0.3 is 5.97 Å². The van der Waals surface area contributed by atoms with Crippen LogP contribution in [0.2, 0.25) is 0 Å². The molecule has 130 valence electrons. The number of hydrogen-bond donors (Lipinski definition) is 0. The van der Waals surface area contributed by atoms with Crippen molar-refractivity contribution >= 4 is 21.7 Å². The van der Waals surface area contributed by atoms with Gasteiger partial charge in [0.25, 0.3) is 5.91 Å². The topological polar surface area (TPSA) is 80.8 Å². The SMILES string of the molecule is CN(Cc1cccc(F)c1)C(=O)COC(=O)CC1C=CS(=O)(=O)C1. The first-order valence-electron chi connectivity index (χ1n) is 7.30. The van der Waals surface area contributed by atoms with Gasteiger partial charge in [-0.15, -0.1) is 0 Å². The largest absolute Gasteiger partial charge is 0.456 e. The second kappa shape index (κ2) is 7.57. The highest BCUT2D eigenvalue weighted by Gasteiger charge is 2.24. The van der Waals surface area contributed by atoms with E-state index in [0.29, 0.717) is 5.56 Å². The van der Waals surface area contributed by atoms with E-state index < -0.39 is 34.2 Å². The van der Waals surface area contributed by atoms with Gasteiger partial charge in [0.1, 0.15) is 5.82 Å². The molecule has 1 unspecified atom stereocenters. The molecule has 2 rings (SSSR count). The lowest BCUT2D eigenvalue weighted by molar-refractivity contribution is -0.152. The minimum Gasteiger partial charge on any atom is -0.456 e. The highest BCUT2D eigenvalue weighted by atomic mass is 32.2. The van der Waals surface area contributed by atoms with Crippen molar-refractivity contribution in [2.75, 3.05) is 19.4 Å². The number of benzene rings is 1. The van der Waals surface area contributed by atoms with Crippen molar-refractivity contribution in [2.24, 2.45) is 5.92 Å². The smallest absolute Gasteiger partial charge is 0.306 e. The Hall–Kier alpha value is -2.22. The molecule has 0 spiro atoms. The quantitative estimate of drug-likeness (QED) is 0.718. The number of hydrogen-bond acceptors (Lipinski definition) is 5. The molecule has 24 heavy (non-hydrogen) atoms. The number of ether oxygens (including phenoxy) is 1. The average Bonchev–Trinajstić information content (AvgIpc) is 2.83. The molecule has 0 saturated heterocycles. The first-order valence-corrected chi connectivity index (χ1v) is 9.02. The van der Waals surface area contributed by atoms with Gasteiger partial charge in [0.15, 0.2) is 16.4 Å². The summed E-state index contributed by atoms with van der Waals surface area (Å²) in [5.74, 6) is -1.98. The molecule has 0 fully saturated rings. The fourth-order valence-corrected chi connectivity index (χ4v) is 3.69. The van der Waals surface area contributed by atoms with Crippen LogP contribution >= 0.6 is 0 Å². The van der Waals surface area contributed by atoms with Crippen molar-refractivity contribution in [1.82, 2.24) is 4.90 Å². The van der Waals surface area contributed by atoms with Gasteiger partial charge in [0.05, 0.1) is 12.2 Å². The molecule has 0 aromatic heterocycles. The number of rotatable bonds is 6. The van der Waals surface area contributed by atoms with Crippen molar-refractivity contribution in [3.8, 4) is 0 Å². The Labute approximate surface area is 139 Å². The van der Waals surface area contributed by atoms with Gasteiger partial charge in [-0.2, -0.15) is 0 Å². The average molecular weight is 355 g/mol. The zero-order chi connectivity index (χ0) is 17.7. The summed E-state index contributed by atoms with van der Waals surface area (Å²) < 4.78 is 40.5. The van der Waals surface area contributed by atoms with E-state index in [0.717, 1.165) is 5.41 Å². The Morgan fingerprint density at radius 1 is 1.38 bits per heavy atom. The van der Waals surface area contributed by atoms with E-state index in [-0.39, 0.29) is 24.5 Å². The van der Waals surface area contributed by atoms with Crippen LogP contribution in [0.25, 0.3) is 0 Å². The third-order valence-electron chi connectivity index (χ3n) is 3.52. The third-order valence-corrected chi connectivity index (χ3v) is 4.99. The molecule has 0 aliphatic carbocycles. The van der Waals surface area contributed by atoms with E-state index in [9.17, 15) is 22.4 Å². The summed E-state index contributed by atoms with van der Waals surface area (Å²) in [7, 11) is -1.70. The molecule has 0 N–H and O–H groups in total. The molecule has 1 amide bonds. The second-order valence-corrected chi connectivity index (χ2v) is 7.59. The summed E-state index contributed by atoms with van der Waals surface area (Å²) in [6.45, 7) is -0.244. The van der Waals surface area contributed by atoms with E-state index in [4.69, 9.17) is 4.74 Å². The zero-order valence-electron chi connectivity index (χ0n) is 13.1. The van der Waals surface area contributed by atoms with Gasteiger partial charge in [0, 0.05) is 24.9 Å². The lowest BCUT2D eigenvalue weighted by Gasteiger charge is -2.17. The lowest BCUT2D eigenvalue weighted by atomic mass is 10.1. The second-order valence-electron chi connectivity index (χ2n) is 5.66. The van der Waals surface area contributed by atoms with E-state index >= 15 is 0 Å². The predicted octanol–water partition coefficient (Wildman–Crippen LogP) is 1.28. The lowest BCUT2D eigenvalue weighted by Crippen LogP contribution is -2.31. The number of halogens is 1. The van der Waals surface area contributed by atoms with Crippen LogP contribution in [0.5, 0.6) is 0 Å². The van der Waals surface area contributed by atoms with Crippen LogP contribution < -0.4 is 0 Å². The van der Waals surface area contributed by atoms with E-state index in [1.165, 1.54) is 30.2 Å². The summed E-state index contributed by atoms with van der Waals surface area (Å²) in [5.41, 5.74) is 0.624. The summed E-state index contributed by atoms with van der Waals surface area (Å²) >= 11 is 0. The molecule has 0 saturated carbocycles. The summed E-state index contributed by atoms with van der Waals surface area (Å²) in [6, 6.07) is 5.87. The number of carbonyl (C=O) groups is 2. The molecule has 6 nitrogen and oxygen atoms in total. The fourth-order valence-electron chi connectivity index (χ4n) is 2.29. The van der Waals surface area contributed by atoms with Crippen molar-refractivity contribution in [1.29, 1.82) is 0 Å². The fraction of sp³-hybridized carbons (Fsp3) is 0.375. The molecule has 0 radical (unpaired) electrons. The van der Waals surface area contributed by atoms with E-state index in [2.05, 4.69) is 0 Å². The summed E-state index contributed by atoms with van der Waals surface area (Å²) in [4.78, 5) is 24.9. The van der Waals surface area contributed by atoms with Gasteiger partial charge in [-0.25, -0.2) is 12.8 Å². The minimum atomic E-state index is -3.22. The van der Waals surface area contributed by atoms with Gasteiger partial charge in [-0.3, -0.25) is 9.59 Å². The standard InChI is InChI=1S/C16H18FNO5S/c1-18(9-12-3-2-4-14(17)7-12)15(19)10-23-16(20)8-13-5-6-24(21,22)11-13/h2-7,13H,8-11H2,1H3. The molecular weight excluding hydrogens is 337 g/mol.